The Morgan fingerprint density at radius 2 is 2.17 bits per heavy atom. The lowest BCUT2D eigenvalue weighted by Crippen LogP contribution is -2.30. The Kier molecular flexibility index (Phi) is 5.95. The lowest BCUT2D eigenvalue weighted by Gasteiger charge is -2.04. The molecule has 2 rings (SSSR count). The predicted molar refractivity (Wildman–Crippen MR) is 90.4 cm³/mol. The van der Waals surface area contributed by atoms with E-state index in [2.05, 4.69) is 15.6 Å². The number of benzene rings is 1. The second-order valence-electron chi connectivity index (χ2n) is 4.90. The summed E-state index contributed by atoms with van der Waals surface area (Å²) in [6.45, 7) is 2.07. The number of aliphatic carboxylic acids is 1. The lowest BCUT2D eigenvalue weighted by atomic mass is 10.1. The summed E-state index contributed by atoms with van der Waals surface area (Å²) in [5.74, 6) is -0.958. The van der Waals surface area contributed by atoms with Gasteiger partial charge in [-0.15, -0.1) is 11.3 Å². The molecule has 8 heteroatoms. The van der Waals surface area contributed by atoms with Crippen molar-refractivity contribution in [3.05, 3.63) is 45.4 Å². The number of hydrogen-bond donors (Lipinski definition) is 3. The molecule has 6 nitrogen and oxygen atoms in total. The van der Waals surface area contributed by atoms with Crippen molar-refractivity contribution in [1.29, 1.82) is 0 Å². The molecular formula is C15H16ClN3O3S. The van der Waals surface area contributed by atoms with Gasteiger partial charge in [-0.05, 0) is 30.2 Å². The van der Waals surface area contributed by atoms with E-state index in [1.165, 1.54) is 11.3 Å². The van der Waals surface area contributed by atoms with Crippen LogP contribution in [0, 0.1) is 6.92 Å². The fourth-order valence-corrected chi connectivity index (χ4v) is 2.97. The first-order valence-corrected chi connectivity index (χ1v) is 8.10. The van der Waals surface area contributed by atoms with Crippen LogP contribution in [0.1, 0.15) is 22.4 Å². The number of nitrogens with one attached hydrogen (secondary N) is 2. The maximum Gasteiger partial charge on any atom is 0.321 e. The van der Waals surface area contributed by atoms with E-state index in [-0.39, 0.29) is 13.0 Å². The van der Waals surface area contributed by atoms with Crippen LogP contribution in [0.2, 0.25) is 5.02 Å². The van der Waals surface area contributed by atoms with Crippen molar-refractivity contribution in [2.24, 2.45) is 0 Å². The quantitative estimate of drug-likeness (QED) is 0.743. The van der Waals surface area contributed by atoms with Crippen molar-refractivity contribution in [2.75, 3.05) is 11.9 Å². The molecular weight excluding hydrogens is 338 g/mol. The maximum atomic E-state index is 11.6. The molecule has 0 aliphatic carbocycles. The van der Waals surface area contributed by atoms with Crippen molar-refractivity contribution >= 4 is 40.1 Å². The Balaban J connectivity index is 1.90. The minimum atomic E-state index is -0.958. The van der Waals surface area contributed by atoms with Crippen LogP contribution in [0.25, 0.3) is 0 Å². The van der Waals surface area contributed by atoms with Gasteiger partial charge in [-0.3, -0.25) is 10.1 Å². The zero-order chi connectivity index (χ0) is 16.8. The number of carbonyl (C=O) groups excluding carboxylic acids is 1. The highest BCUT2D eigenvalue weighted by Gasteiger charge is 2.08. The van der Waals surface area contributed by atoms with Gasteiger partial charge in [0, 0.05) is 29.1 Å². The number of carbonyl (C=O) groups is 2. The SMILES string of the molecule is Cc1cc(Cl)ccc1Cc1cnc(NC(=O)NCCC(=O)O)s1. The number of carboxylic acid groups (broad SMARTS) is 1. The molecule has 2 aromatic rings. The molecule has 0 aliphatic heterocycles. The van der Waals surface area contributed by atoms with Crippen LogP contribution < -0.4 is 10.6 Å². The van der Waals surface area contributed by atoms with E-state index in [1.807, 2.05) is 25.1 Å². The molecule has 0 saturated heterocycles. The third-order valence-electron chi connectivity index (χ3n) is 3.07. The van der Waals surface area contributed by atoms with Crippen LogP contribution in [0.15, 0.2) is 24.4 Å². The van der Waals surface area contributed by atoms with E-state index in [1.54, 1.807) is 6.20 Å². The molecule has 0 unspecified atom stereocenters. The molecule has 0 saturated carbocycles. The zero-order valence-corrected chi connectivity index (χ0v) is 14.0. The summed E-state index contributed by atoms with van der Waals surface area (Å²) < 4.78 is 0. The average Bonchev–Trinajstić information content (AvgIpc) is 2.88. The summed E-state index contributed by atoms with van der Waals surface area (Å²) in [7, 11) is 0. The number of anilines is 1. The zero-order valence-electron chi connectivity index (χ0n) is 12.4. The largest absolute Gasteiger partial charge is 0.481 e. The summed E-state index contributed by atoms with van der Waals surface area (Å²) in [6.07, 6.45) is 2.31. The Labute approximate surface area is 142 Å². The Hall–Kier alpha value is -2.12. The molecule has 0 aliphatic rings. The third-order valence-corrected chi connectivity index (χ3v) is 4.22. The average molecular weight is 354 g/mol. The number of amides is 2. The van der Waals surface area contributed by atoms with Gasteiger partial charge in [-0.25, -0.2) is 9.78 Å². The fourth-order valence-electron chi connectivity index (χ4n) is 1.92. The highest BCUT2D eigenvalue weighted by atomic mass is 35.5. The lowest BCUT2D eigenvalue weighted by molar-refractivity contribution is -0.136. The normalized spacial score (nSPS) is 10.3. The molecule has 2 amide bonds. The number of aromatic nitrogens is 1. The van der Waals surface area contributed by atoms with Crippen LogP contribution in [0.4, 0.5) is 9.93 Å². The van der Waals surface area contributed by atoms with E-state index in [0.29, 0.717) is 16.6 Å². The van der Waals surface area contributed by atoms with Crippen LogP contribution in [0.5, 0.6) is 0 Å². The van der Waals surface area contributed by atoms with Gasteiger partial charge in [0.25, 0.3) is 0 Å². The summed E-state index contributed by atoms with van der Waals surface area (Å²) in [5.41, 5.74) is 2.25. The Morgan fingerprint density at radius 3 is 2.87 bits per heavy atom. The predicted octanol–water partition coefficient (Wildman–Crippen LogP) is 3.29. The van der Waals surface area contributed by atoms with Gasteiger partial charge in [-0.2, -0.15) is 0 Å². The van der Waals surface area contributed by atoms with Crippen molar-refractivity contribution in [1.82, 2.24) is 10.3 Å². The molecule has 0 fully saturated rings. The number of nitrogens with zero attached hydrogens (tertiary/aromatic N) is 1. The van der Waals surface area contributed by atoms with Crippen LogP contribution >= 0.6 is 22.9 Å². The number of halogens is 1. The minimum Gasteiger partial charge on any atom is -0.481 e. The first kappa shape index (κ1) is 17.2. The van der Waals surface area contributed by atoms with Gasteiger partial charge in [0.2, 0.25) is 0 Å². The first-order valence-electron chi connectivity index (χ1n) is 6.90. The molecule has 0 radical (unpaired) electrons. The smallest absolute Gasteiger partial charge is 0.321 e. The van der Waals surface area contributed by atoms with Gasteiger partial charge in [0.05, 0.1) is 6.42 Å². The molecule has 0 spiro atoms. The van der Waals surface area contributed by atoms with Crippen molar-refractivity contribution < 1.29 is 14.7 Å². The number of thiazole rings is 1. The second-order valence-corrected chi connectivity index (χ2v) is 6.46. The number of hydrogen-bond acceptors (Lipinski definition) is 4. The van der Waals surface area contributed by atoms with E-state index in [9.17, 15) is 9.59 Å². The number of carboxylic acids is 1. The molecule has 0 bridgehead atoms. The van der Waals surface area contributed by atoms with Gasteiger partial charge < -0.3 is 10.4 Å². The van der Waals surface area contributed by atoms with Crippen LogP contribution in [0.3, 0.4) is 0 Å². The summed E-state index contributed by atoms with van der Waals surface area (Å²) in [4.78, 5) is 27.1. The summed E-state index contributed by atoms with van der Waals surface area (Å²) >= 11 is 7.32. The Morgan fingerprint density at radius 1 is 1.39 bits per heavy atom. The molecule has 23 heavy (non-hydrogen) atoms. The van der Waals surface area contributed by atoms with Crippen LogP contribution in [-0.4, -0.2) is 28.6 Å². The number of rotatable bonds is 6. The topological polar surface area (TPSA) is 91.3 Å². The molecule has 1 aromatic carbocycles. The summed E-state index contributed by atoms with van der Waals surface area (Å²) in [5, 5.41) is 14.7. The monoisotopic (exact) mass is 353 g/mol. The highest BCUT2D eigenvalue weighted by Crippen LogP contribution is 2.23. The van der Waals surface area contributed by atoms with E-state index in [0.717, 1.165) is 16.0 Å². The Bertz CT molecular complexity index is 718. The van der Waals surface area contributed by atoms with Crippen molar-refractivity contribution in [3.8, 4) is 0 Å². The fraction of sp³-hybridized carbons (Fsp3) is 0.267. The van der Waals surface area contributed by atoms with Crippen molar-refractivity contribution in [3.63, 3.8) is 0 Å². The van der Waals surface area contributed by atoms with Gasteiger partial charge in [0.1, 0.15) is 0 Å². The molecule has 0 atom stereocenters. The van der Waals surface area contributed by atoms with Gasteiger partial charge in [0.15, 0.2) is 5.13 Å². The summed E-state index contributed by atoms with van der Waals surface area (Å²) in [6, 6.07) is 5.27. The number of aryl methyl sites for hydroxylation is 1. The van der Waals surface area contributed by atoms with Crippen LogP contribution in [-0.2, 0) is 11.2 Å². The molecule has 1 aromatic heterocycles. The maximum absolute atomic E-state index is 11.6. The van der Waals surface area contributed by atoms with E-state index >= 15 is 0 Å². The minimum absolute atomic E-state index is 0.0728. The van der Waals surface area contributed by atoms with Crippen molar-refractivity contribution in [2.45, 2.75) is 19.8 Å². The standard InChI is InChI=1S/C15H16ClN3O3S/c1-9-6-11(16)3-2-10(9)7-12-8-18-15(23-12)19-14(22)17-5-4-13(20)21/h2-3,6,8H,4-5,7H2,1H3,(H,20,21)(H2,17,18,19,22). The van der Waals surface area contributed by atoms with E-state index < -0.39 is 12.0 Å². The second kappa shape index (κ2) is 7.94. The van der Waals surface area contributed by atoms with Gasteiger partial charge in [-0.1, -0.05) is 17.7 Å². The highest BCUT2D eigenvalue weighted by molar-refractivity contribution is 7.15. The molecule has 3 N–H and O–H groups in total. The first-order chi connectivity index (χ1) is 10.9. The molecule has 122 valence electrons. The number of urea groups is 1. The molecule has 1 heterocycles. The van der Waals surface area contributed by atoms with E-state index in [4.69, 9.17) is 16.7 Å². The third kappa shape index (κ3) is 5.54. The van der Waals surface area contributed by atoms with Gasteiger partial charge >= 0.3 is 12.0 Å².